The lowest BCUT2D eigenvalue weighted by Gasteiger charge is -2.15. The molecule has 4 rings (SSSR count). The summed E-state index contributed by atoms with van der Waals surface area (Å²) in [5.41, 5.74) is 3.73. The second kappa shape index (κ2) is 5.53. The number of ether oxygens (including phenoxy) is 1. The Bertz CT molecular complexity index is 873. The van der Waals surface area contributed by atoms with E-state index in [9.17, 15) is 0 Å². The highest BCUT2D eigenvalue weighted by Crippen LogP contribution is 2.32. The van der Waals surface area contributed by atoms with E-state index in [1.165, 1.54) is 27.5 Å². The van der Waals surface area contributed by atoms with Gasteiger partial charge in [0, 0.05) is 0 Å². The summed E-state index contributed by atoms with van der Waals surface area (Å²) in [5, 5.41) is 2.54. The molecular formula is C21H16O. The first kappa shape index (κ1) is 12.9. The number of benzene rings is 3. The third-order valence-corrected chi connectivity index (χ3v) is 3.98. The van der Waals surface area contributed by atoms with Gasteiger partial charge < -0.3 is 4.74 Å². The van der Waals surface area contributed by atoms with Gasteiger partial charge in [-0.2, -0.15) is 0 Å². The fraction of sp³-hybridized carbons (Fsp3) is 0.0476. The van der Waals surface area contributed by atoms with Crippen molar-refractivity contribution in [1.29, 1.82) is 0 Å². The first-order valence-corrected chi connectivity index (χ1v) is 7.51. The molecule has 0 aliphatic heterocycles. The smallest absolute Gasteiger partial charge is 0.126 e. The second-order valence-electron chi connectivity index (χ2n) is 5.47. The van der Waals surface area contributed by atoms with Crippen molar-refractivity contribution in [1.82, 2.24) is 0 Å². The molecule has 0 saturated carbocycles. The van der Waals surface area contributed by atoms with Gasteiger partial charge in [0.15, 0.2) is 0 Å². The third-order valence-electron chi connectivity index (χ3n) is 3.98. The normalized spacial score (nSPS) is 15.0. The zero-order chi connectivity index (χ0) is 14.8. The molecule has 1 heteroatoms. The summed E-state index contributed by atoms with van der Waals surface area (Å²) in [6, 6.07) is 22.9. The van der Waals surface area contributed by atoms with Gasteiger partial charge in [-0.3, -0.25) is 0 Å². The van der Waals surface area contributed by atoms with Crippen LogP contribution in [0.5, 0.6) is 5.75 Å². The topological polar surface area (TPSA) is 9.23 Å². The summed E-state index contributed by atoms with van der Waals surface area (Å²) >= 11 is 0. The van der Waals surface area contributed by atoms with E-state index in [0.717, 1.165) is 12.2 Å². The highest BCUT2D eigenvalue weighted by atomic mass is 16.5. The molecule has 22 heavy (non-hydrogen) atoms. The zero-order valence-corrected chi connectivity index (χ0v) is 12.2. The molecule has 0 N–H and O–H groups in total. The maximum atomic E-state index is 5.82. The molecule has 0 radical (unpaired) electrons. The van der Waals surface area contributed by atoms with E-state index in [-0.39, 0.29) is 0 Å². The van der Waals surface area contributed by atoms with Crippen LogP contribution in [0.15, 0.2) is 79.1 Å². The van der Waals surface area contributed by atoms with E-state index in [4.69, 9.17) is 4.74 Å². The Balaban J connectivity index is 1.75. The van der Waals surface area contributed by atoms with E-state index in [0.29, 0.717) is 0 Å². The van der Waals surface area contributed by atoms with Gasteiger partial charge in [-0.25, -0.2) is 0 Å². The Morgan fingerprint density at radius 3 is 2.36 bits per heavy atom. The van der Waals surface area contributed by atoms with Crippen molar-refractivity contribution in [2.24, 2.45) is 0 Å². The minimum absolute atomic E-state index is 0.867. The van der Waals surface area contributed by atoms with Crippen LogP contribution < -0.4 is 4.74 Å². The van der Waals surface area contributed by atoms with Gasteiger partial charge in [0.25, 0.3) is 0 Å². The molecule has 3 aromatic carbocycles. The molecule has 0 heterocycles. The summed E-state index contributed by atoms with van der Waals surface area (Å²) in [7, 11) is 0. The summed E-state index contributed by atoms with van der Waals surface area (Å²) in [4.78, 5) is 0. The number of allylic oxidation sites excluding steroid dienone is 2. The van der Waals surface area contributed by atoms with Crippen LogP contribution in [0.25, 0.3) is 22.4 Å². The first-order valence-electron chi connectivity index (χ1n) is 7.51. The van der Waals surface area contributed by atoms with Gasteiger partial charge in [0.05, 0.1) is 6.26 Å². The van der Waals surface area contributed by atoms with Gasteiger partial charge in [-0.15, -0.1) is 0 Å². The predicted molar refractivity (Wildman–Crippen MR) is 92.6 cm³/mol. The molecule has 106 valence electrons. The SMILES string of the molecule is C1=Cc2cc3ccccc3cc2C(=COc2ccccc2)C1. The summed E-state index contributed by atoms with van der Waals surface area (Å²) < 4.78 is 5.82. The highest BCUT2D eigenvalue weighted by Gasteiger charge is 2.11. The minimum Gasteiger partial charge on any atom is -0.465 e. The van der Waals surface area contributed by atoms with Crippen LogP contribution in [0, 0.1) is 0 Å². The van der Waals surface area contributed by atoms with Crippen molar-refractivity contribution in [2.75, 3.05) is 0 Å². The molecular weight excluding hydrogens is 268 g/mol. The van der Waals surface area contributed by atoms with E-state index >= 15 is 0 Å². The molecule has 3 aromatic rings. The van der Waals surface area contributed by atoms with Gasteiger partial charge in [0.1, 0.15) is 5.75 Å². The standard InChI is InChI=1S/C21H16O/c1-2-11-20(12-3-1)22-15-19-10-6-9-18-13-16-7-4-5-8-17(16)14-21(18)19/h1-9,11-15H,10H2. The molecule has 0 aromatic heterocycles. The van der Waals surface area contributed by atoms with Gasteiger partial charge in [0.2, 0.25) is 0 Å². The average Bonchev–Trinajstić information content (AvgIpc) is 2.59. The number of hydrogen-bond donors (Lipinski definition) is 0. The minimum atomic E-state index is 0.867. The van der Waals surface area contributed by atoms with Crippen LogP contribution in [-0.2, 0) is 0 Å². The first-order chi connectivity index (χ1) is 10.9. The van der Waals surface area contributed by atoms with Crippen LogP contribution in [0.2, 0.25) is 0 Å². The quantitative estimate of drug-likeness (QED) is 0.550. The fourth-order valence-electron chi connectivity index (χ4n) is 2.85. The monoisotopic (exact) mass is 284 g/mol. The van der Waals surface area contributed by atoms with Crippen LogP contribution in [0.1, 0.15) is 17.5 Å². The van der Waals surface area contributed by atoms with Crippen molar-refractivity contribution in [3.63, 3.8) is 0 Å². The Morgan fingerprint density at radius 1 is 0.818 bits per heavy atom. The molecule has 0 spiro atoms. The Kier molecular flexibility index (Phi) is 3.24. The molecule has 0 amide bonds. The summed E-state index contributed by atoms with van der Waals surface area (Å²) in [6.45, 7) is 0. The van der Waals surface area contributed by atoms with E-state index in [1.807, 2.05) is 36.6 Å². The maximum absolute atomic E-state index is 5.82. The molecule has 0 saturated heterocycles. The molecule has 0 bridgehead atoms. The lowest BCUT2D eigenvalue weighted by Crippen LogP contribution is -1.96. The number of hydrogen-bond acceptors (Lipinski definition) is 1. The van der Waals surface area contributed by atoms with E-state index in [1.54, 1.807) is 0 Å². The largest absolute Gasteiger partial charge is 0.465 e. The number of rotatable bonds is 2. The summed E-state index contributed by atoms with van der Waals surface area (Å²) in [6.07, 6.45) is 7.17. The number of para-hydroxylation sites is 1. The van der Waals surface area contributed by atoms with Crippen LogP contribution in [0.4, 0.5) is 0 Å². The van der Waals surface area contributed by atoms with Gasteiger partial charge in [-0.1, -0.05) is 54.6 Å². The van der Waals surface area contributed by atoms with Crippen molar-refractivity contribution >= 4 is 22.4 Å². The summed E-state index contributed by atoms with van der Waals surface area (Å²) in [5.74, 6) is 0.867. The second-order valence-corrected chi connectivity index (χ2v) is 5.47. The lowest BCUT2D eigenvalue weighted by molar-refractivity contribution is 0.482. The van der Waals surface area contributed by atoms with Gasteiger partial charge >= 0.3 is 0 Å². The molecule has 0 atom stereocenters. The van der Waals surface area contributed by atoms with Crippen molar-refractivity contribution in [3.8, 4) is 5.75 Å². The van der Waals surface area contributed by atoms with Crippen LogP contribution >= 0.6 is 0 Å². The number of fused-ring (bicyclic) bond motifs is 2. The zero-order valence-electron chi connectivity index (χ0n) is 12.2. The third kappa shape index (κ3) is 2.42. The average molecular weight is 284 g/mol. The van der Waals surface area contributed by atoms with Crippen molar-refractivity contribution < 1.29 is 4.74 Å². The maximum Gasteiger partial charge on any atom is 0.126 e. The molecule has 0 unspecified atom stereocenters. The molecule has 1 aliphatic rings. The Morgan fingerprint density at radius 2 is 1.55 bits per heavy atom. The van der Waals surface area contributed by atoms with E-state index in [2.05, 4.69) is 48.6 Å². The van der Waals surface area contributed by atoms with Crippen LogP contribution in [0.3, 0.4) is 0 Å². The molecule has 1 nitrogen and oxygen atoms in total. The molecule has 1 aliphatic carbocycles. The highest BCUT2D eigenvalue weighted by molar-refractivity contribution is 5.92. The van der Waals surface area contributed by atoms with Crippen molar-refractivity contribution in [2.45, 2.75) is 6.42 Å². The fourth-order valence-corrected chi connectivity index (χ4v) is 2.85. The Labute approximate surface area is 130 Å². The molecule has 0 fully saturated rings. The predicted octanol–water partition coefficient (Wildman–Crippen LogP) is 5.68. The van der Waals surface area contributed by atoms with E-state index < -0.39 is 0 Å². The lowest BCUT2D eigenvalue weighted by atomic mass is 9.90. The van der Waals surface area contributed by atoms with Crippen molar-refractivity contribution in [3.05, 3.63) is 90.2 Å². The van der Waals surface area contributed by atoms with Crippen LogP contribution in [-0.4, -0.2) is 0 Å². The Hall–Kier alpha value is -2.80. The van der Waals surface area contributed by atoms with Gasteiger partial charge in [-0.05, 0) is 58.2 Å².